The minimum Gasteiger partial charge on any atom is -0.454 e. The van der Waals surface area contributed by atoms with Gasteiger partial charge in [0, 0.05) is 28.8 Å². The fourth-order valence-electron chi connectivity index (χ4n) is 4.05. The number of hydrogen-bond acceptors (Lipinski definition) is 5. The van der Waals surface area contributed by atoms with E-state index >= 15 is 0 Å². The van der Waals surface area contributed by atoms with Gasteiger partial charge in [-0.25, -0.2) is 0 Å². The molecule has 6 heteroatoms. The summed E-state index contributed by atoms with van der Waals surface area (Å²) in [5, 5.41) is 11.4. The summed E-state index contributed by atoms with van der Waals surface area (Å²) >= 11 is 0. The van der Waals surface area contributed by atoms with Crippen molar-refractivity contribution < 1.29 is 14.4 Å². The van der Waals surface area contributed by atoms with Gasteiger partial charge in [-0.05, 0) is 29.3 Å². The van der Waals surface area contributed by atoms with Crippen molar-refractivity contribution in [3.05, 3.63) is 75.5 Å². The predicted molar refractivity (Wildman–Crippen MR) is 103 cm³/mol. The molecule has 0 radical (unpaired) electrons. The fourth-order valence-corrected chi connectivity index (χ4v) is 4.05. The predicted octanol–water partition coefficient (Wildman–Crippen LogP) is 4.09. The number of likely N-dealkylation sites (N-methyl/N-ethyl adjacent to an activating group) is 1. The molecule has 0 aliphatic carbocycles. The van der Waals surface area contributed by atoms with Gasteiger partial charge in [0.1, 0.15) is 0 Å². The average molecular weight is 366 g/mol. The van der Waals surface area contributed by atoms with E-state index in [1.165, 1.54) is 5.56 Å². The van der Waals surface area contributed by atoms with E-state index in [0.717, 1.165) is 16.9 Å². The minimum atomic E-state index is -0.361. The van der Waals surface area contributed by atoms with Crippen LogP contribution in [-0.2, 0) is 5.41 Å². The highest BCUT2D eigenvalue weighted by Gasteiger charge is 2.39. The van der Waals surface area contributed by atoms with Crippen LogP contribution in [0.3, 0.4) is 0 Å². The lowest BCUT2D eigenvalue weighted by Crippen LogP contribution is -2.25. The summed E-state index contributed by atoms with van der Waals surface area (Å²) in [7, 11) is 2.02. The molecule has 0 bridgehead atoms. The molecule has 2 aromatic rings. The Morgan fingerprint density at radius 3 is 2.70 bits per heavy atom. The molecular weight excluding hydrogens is 344 g/mol. The monoisotopic (exact) mass is 366 g/mol. The number of nitrogens with zero attached hydrogens (tertiary/aromatic N) is 2. The Hall–Kier alpha value is -3.02. The molecule has 0 saturated carbocycles. The van der Waals surface area contributed by atoms with Crippen LogP contribution >= 0.6 is 0 Å². The third-order valence-electron chi connectivity index (χ3n) is 5.47. The van der Waals surface area contributed by atoms with Gasteiger partial charge in [-0.2, -0.15) is 0 Å². The molecule has 0 amide bonds. The lowest BCUT2D eigenvalue weighted by atomic mass is 9.82. The van der Waals surface area contributed by atoms with Crippen LogP contribution < -0.4 is 14.4 Å². The Balaban J connectivity index is 1.77. The molecule has 0 fully saturated rings. The maximum Gasteiger partial charge on any atom is 0.231 e. The van der Waals surface area contributed by atoms with Gasteiger partial charge in [-0.15, -0.1) is 0 Å². The average Bonchev–Trinajstić information content (AvgIpc) is 3.18. The van der Waals surface area contributed by atoms with Gasteiger partial charge in [0.15, 0.2) is 11.5 Å². The second kappa shape index (κ2) is 6.30. The molecule has 2 aliphatic rings. The highest BCUT2D eigenvalue weighted by atomic mass is 16.7. The normalized spacial score (nSPS) is 19.2. The van der Waals surface area contributed by atoms with Crippen LogP contribution in [0.4, 0.5) is 5.69 Å². The highest BCUT2D eigenvalue weighted by molar-refractivity contribution is 5.70. The van der Waals surface area contributed by atoms with Crippen molar-refractivity contribution >= 4 is 5.69 Å². The molecule has 2 heterocycles. The van der Waals surface area contributed by atoms with Gasteiger partial charge in [0.2, 0.25) is 13.3 Å². The zero-order valence-electron chi connectivity index (χ0n) is 15.6. The summed E-state index contributed by atoms with van der Waals surface area (Å²) in [6.45, 7) is 4.32. The second-order valence-corrected chi connectivity index (χ2v) is 7.49. The van der Waals surface area contributed by atoms with E-state index in [9.17, 15) is 10.1 Å². The number of ether oxygens (including phenoxy) is 2. The Bertz CT molecular complexity index is 936. The molecule has 6 nitrogen and oxygen atoms in total. The molecule has 4 rings (SSSR count). The first-order chi connectivity index (χ1) is 12.9. The molecule has 2 aliphatic heterocycles. The summed E-state index contributed by atoms with van der Waals surface area (Å²) in [4.78, 5) is 13.2. The molecule has 0 N–H and O–H groups in total. The van der Waals surface area contributed by atoms with Gasteiger partial charge < -0.3 is 14.4 Å². The molecule has 2 aromatic carbocycles. The Labute approximate surface area is 158 Å². The van der Waals surface area contributed by atoms with E-state index in [1.807, 2.05) is 43.5 Å². The molecular formula is C21H22N2O4. The van der Waals surface area contributed by atoms with Gasteiger partial charge in [-0.1, -0.05) is 44.2 Å². The first-order valence-corrected chi connectivity index (χ1v) is 8.95. The van der Waals surface area contributed by atoms with Crippen LogP contribution in [0.25, 0.3) is 0 Å². The molecule has 0 saturated heterocycles. The number of para-hydroxylation sites is 1. The Kier molecular flexibility index (Phi) is 4.06. The molecule has 1 atom stereocenters. The van der Waals surface area contributed by atoms with Crippen molar-refractivity contribution in [1.29, 1.82) is 0 Å². The minimum absolute atomic E-state index is 0.177. The van der Waals surface area contributed by atoms with Crippen molar-refractivity contribution in [2.45, 2.75) is 25.2 Å². The maximum atomic E-state index is 11.4. The fraction of sp³-hybridized carbons (Fsp3) is 0.333. The smallest absolute Gasteiger partial charge is 0.231 e. The van der Waals surface area contributed by atoms with E-state index in [0.29, 0.717) is 11.5 Å². The quantitative estimate of drug-likeness (QED) is 0.602. The molecule has 0 spiro atoms. The van der Waals surface area contributed by atoms with Crippen LogP contribution in [0, 0.1) is 10.1 Å². The van der Waals surface area contributed by atoms with E-state index in [4.69, 9.17) is 9.47 Å². The van der Waals surface area contributed by atoms with Crippen LogP contribution in [0.2, 0.25) is 0 Å². The van der Waals surface area contributed by atoms with Crippen LogP contribution in [0.1, 0.15) is 30.9 Å². The molecule has 0 aromatic heterocycles. The summed E-state index contributed by atoms with van der Waals surface area (Å²) < 4.78 is 10.8. The number of fused-ring (bicyclic) bond motifs is 2. The van der Waals surface area contributed by atoms with Crippen LogP contribution in [0.5, 0.6) is 11.5 Å². The summed E-state index contributed by atoms with van der Waals surface area (Å²) in [5.74, 6) is 0.957. The lowest BCUT2D eigenvalue weighted by molar-refractivity contribution is -0.481. The molecule has 27 heavy (non-hydrogen) atoms. The Morgan fingerprint density at radius 2 is 1.96 bits per heavy atom. The number of benzene rings is 2. The summed E-state index contributed by atoms with van der Waals surface area (Å²) in [6, 6.07) is 13.8. The standard InChI is InChI=1S/C21H22N2O4/c1-21(2)16-6-4-5-7-17(16)22(3)20(21)11-15(12-23(24)25)14-8-9-18-19(10-14)27-13-26-18/h4-11,15H,12-13H2,1-3H3/b20-11+. The zero-order chi connectivity index (χ0) is 19.2. The van der Waals surface area contributed by atoms with Crippen molar-refractivity contribution in [3.63, 3.8) is 0 Å². The molecule has 1 unspecified atom stereocenters. The summed E-state index contributed by atoms with van der Waals surface area (Å²) in [6.07, 6.45) is 2.03. The topological polar surface area (TPSA) is 64.8 Å². The van der Waals surface area contributed by atoms with Crippen molar-refractivity contribution in [1.82, 2.24) is 0 Å². The SMILES string of the molecule is CN1/C(=C/C(C[N+](=O)[O-])c2ccc3c(c2)OCO3)C(C)(C)c2ccccc21. The largest absolute Gasteiger partial charge is 0.454 e. The van der Waals surface area contributed by atoms with Crippen LogP contribution in [-0.4, -0.2) is 25.3 Å². The van der Waals surface area contributed by atoms with E-state index in [-0.39, 0.29) is 29.6 Å². The maximum absolute atomic E-state index is 11.4. The zero-order valence-corrected chi connectivity index (χ0v) is 15.6. The summed E-state index contributed by atoms with van der Waals surface area (Å²) in [5.41, 5.74) is 4.05. The number of allylic oxidation sites excluding steroid dienone is 1. The third kappa shape index (κ3) is 2.91. The number of rotatable bonds is 4. The second-order valence-electron chi connectivity index (χ2n) is 7.49. The van der Waals surface area contributed by atoms with Crippen molar-refractivity contribution in [3.8, 4) is 11.5 Å². The third-order valence-corrected chi connectivity index (χ3v) is 5.47. The first kappa shape index (κ1) is 17.4. The van der Waals surface area contributed by atoms with E-state index in [1.54, 1.807) is 0 Å². The van der Waals surface area contributed by atoms with Gasteiger partial charge in [0.05, 0.1) is 5.92 Å². The number of nitro groups is 1. The first-order valence-electron chi connectivity index (χ1n) is 8.95. The van der Waals surface area contributed by atoms with Gasteiger partial charge >= 0.3 is 0 Å². The van der Waals surface area contributed by atoms with Crippen LogP contribution in [0.15, 0.2) is 54.2 Å². The van der Waals surface area contributed by atoms with Gasteiger partial charge in [0.25, 0.3) is 0 Å². The van der Waals surface area contributed by atoms with E-state index < -0.39 is 0 Å². The van der Waals surface area contributed by atoms with Crippen molar-refractivity contribution in [2.24, 2.45) is 0 Å². The Morgan fingerprint density at radius 1 is 1.22 bits per heavy atom. The number of hydrogen-bond donors (Lipinski definition) is 0. The van der Waals surface area contributed by atoms with E-state index in [2.05, 4.69) is 30.9 Å². The van der Waals surface area contributed by atoms with Crippen molar-refractivity contribution in [2.75, 3.05) is 25.3 Å². The van der Waals surface area contributed by atoms with Gasteiger partial charge in [-0.3, -0.25) is 10.1 Å². The highest BCUT2D eigenvalue weighted by Crippen LogP contribution is 2.47. The molecule has 140 valence electrons. The lowest BCUT2D eigenvalue weighted by Gasteiger charge is -2.26. The number of anilines is 1.